The number of nitrogens with zero attached hydrogens (tertiary/aromatic N) is 2. The van der Waals surface area contributed by atoms with Crippen LogP contribution in [0.4, 0.5) is 0 Å². The summed E-state index contributed by atoms with van der Waals surface area (Å²) in [6.07, 6.45) is 0.744. The monoisotopic (exact) mass is 395 g/mol. The van der Waals surface area contributed by atoms with Crippen molar-refractivity contribution in [1.82, 2.24) is 14.5 Å². The van der Waals surface area contributed by atoms with E-state index in [2.05, 4.69) is 9.88 Å². The highest BCUT2D eigenvalue weighted by Crippen LogP contribution is 2.32. The van der Waals surface area contributed by atoms with E-state index >= 15 is 0 Å². The number of piperidine rings is 1. The van der Waals surface area contributed by atoms with Crippen LogP contribution in [-0.2, 0) is 0 Å². The minimum absolute atomic E-state index is 0.0453. The summed E-state index contributed by atoms with van der Waals surface area (Å²) in [4.78, 5) is 17.6. The minimum Gasteiger partial charge on any atom is -0.486 e. The maximum Gasteiger partial charge on any atom is 0.326 e. The van der Waals surface area contributed by atoms with Crippen molar-refractivity contribution in [2.24, 2.45) is 0 Å². The number of β-amino-alcohol motifs (C(OH)–C–C–N with tert-alkyl or cyclic N) is 1. The van der Waals surface area contributed by atoms with Crippen LogP contribution in [0.1, 0.15) is 18.9 Å². The highest BCUT2D eigenvalue weighted by atomic mass is 16.6. The topological polar surface area (TPSA) is 79.7 Å². The van der Waals surface area contributed by atoms with E-state index in [1.165, 1.54) is 0 Å². The van der Waals surface area contributed by atoms with E-state index in [-0.39, 0.29) is 17.8 Å². The number of aromatic amines is 1. The van der Waals surface area contributed by atoms with Gasteiger partial charge in [-0.05, 0) is 37.1 Å². The number of likely N-dealkylation sites (tertiary alicyclic amines) is 1. The highest BCUT2D eigenvalue weighted by molar-refractivity contribution is 5.75. The summed E-state index contributed by atoms with van der Waals surface area (Å²) in [5, 5.41) is 10.7. The van der Waals surface area contributed by atoms with Crippen molar-refractivity contribution in [3.63, 3.8) is 0 Å². The molecule has 1 aromatic heterocycles. The van der Waals surface area contributed by atoms with Crippen LogP contribution in [-0.4, -0.2) is 58.0 Å². The van der Waals surface area contributed by atoms with Crippen molar-refractivity contribution in [2.75, 3.05) is 26.2 Å². The zero-order valence-corrected chi connectivity index (χ0v) is 16.2. The Morgan fingerprint density at radius 1 is 1.07 bits per heavy atom. The van der Waals surface area contributed by atoms with Crippen LogP contribution in [0.25, 0.3) is 11.0 Å². The minimum atomic E-state index is -0.629. The molecule has 1 fully saturated rings. The maximum atomic E-state index is 12.4. The van der Waals surface area contributed by atoms with Gasteiger partial charge in [-0.25, -0.2) is 4.79 Å². The van der Waals surface area contributed by atoms with Gasteiger partial charge in [0.15, 0.2) is 17.6 Å². The number of aromatic nitrogens is 2. The highest BCUT2D eigenvalue weighted by Gasteiger charge is 2.31. The van der Waals surface area contributed by atoms with Crippen molar-refractivity contribution >= 4 is 11.0 Å². The number of aliphatic hydroxyl groups is 1. The first-order valence-electron chi connectivity index (χ1n) is 10.2. The molecular formula is C22H25N3O4. The molecule has 2 aromatic carbocycles. The average molecular weight is 395 g/mol. The third kappa shape index (κ3) is 3.52. The number of benzene rings is 2. The molecule has 2 aliphatic heterocycles. The van der Waals surface area contributed by atoms with Crippen LogP contribution >= 0.6 is 0 Å². The maximum absolute atomic E-state index is 12.4. The summed E-state index contributed by atoms with van der Waals surface area (Å²) in [6, 6.07) is 15.5. The predicted octanol–water partition coefficient (Wildman–Crippen LogP) is 2.17. The predicted molar refractivity (Wildman–Crippen MR) is 110 cm³/mol. The van der Waals surface area contributed by atoms with Crippen LogP contribution in [0.5, 0.6) is 11.5 Å². The lowest BCUT2D eigenvalue weighted by Gasteiger charge is -2.36. The number of rotatable bonds is 4. The fraction of sp³-hybridized carbons (Fsp3) is 0.409. The largest absolute Gasteiger partial charge is 0.486 e. The molecule has 1 saturated heterocycles. The normalized spacial score (nSPS) is 21.3. The molecular weight excluding hydrogens is 370 g/mol. The smallest absolute Gasteiger partial charge is 0.326 e. The molecule has 0 amide bonds. The van der Waals surface area contributed by atoms with Gasteiger partial charge in [-0.15, -0.1) is 0 Å². The van der Waals surface area contributed by atoms with Gasteiger partial charge in [0.05, 0.1) is 11.0 Å². The molecule has 2 N–H and O–H groups in total. The average Bonchev–Trinajstić information content (AvgIpc) is 3.09. The lowest BCUT2D eigenvalue weighted by atomic mass is 10.0. The number of imidazole rings is 1. The van der Waals surface area contributed by atoms with Gasteiger partial charge in [0.2, 0.25) is 0 Å². The van der Waals surface area contributed by atoms with E-state index in [0.717, 1.165) is 42.7 Å². The van der Waals surface area contributed by atoms with E-state index in [9.17, 15) is 9.90 Å². The first-order valence-corrected chi connectivity index (χ1v) is 10.2. The Hall–Kier alpha value is -2.77. The molecule has 0 saturated carbocycles. The van der Waals surface area contributed by atoms with Gasteiger partial charge < -0.3 is 24.5 Å². The molecule has 3 aromatic rings. The van der Waals surface area contributed by atoms with Gasteiger partial charge in [-0.2, -0.15) is 0 Å². The molecule has 3 heterocycles. The molecule has 5 rings (SSSR count). The zero-order chi connectivity index (χ0) is 19.8. The Labute approximate surface area is 168 Å². The van der Waals surface area contributed by atoms with Gasteiger partial charge in [0.1, 0.15) is 12.7 Å². The zero-order valence-electron chi connectivity index (χ0n) is 16.2. The van der Waals surface area contributed by atoms with Gasteiger partial charge in [0, 0.05) is 25.7 Å². The van der Waals surface area contributed by atoms with Crippen molar-refractivity contribution in [3.05, 3.63) is 59.0 Å². The fourth-order valence-electron chi connectivity index (χ4n) is 4.40. The summed E-state index contributed by atoms with van der Waals surface area (Å²) < 4.78 is 13.5. The molecule has 0 radical (unpaired) electrons. The number of hydrogen-bond donors (Lipinski definition) is 2. The van der Waals surface area contributed by atoms with E-state index < -0.39 is 6.10 Å². The molecule has 7 nitrogen and oxygen atoms in total. The lowest BCUT2D eigenvalue weighted by Crippen LogP contribution is -2.48. The SMILES string of the molecule is O=c1[nH]c2ccccc2n1C1CCN(C[C@@H](O)[C@@H]2COc3ccccc3O2)CC1. The fourth-order valence-corrected chi connectivity index (χ4v) is 4.40. The van der Waals surface area contributed by atoms with Gasteiger partial charge in [-0.1, -0.05) is 24.3 Å². The Bertz CT molecular complexity index is 1050. The van der Waals surface area contributed by atoms with Crippen molar-refractivity contribution in [2.45, 2.75) is 31.1 Å². The second-order valence-electron chi connectivity index (χ2n) is 7.83. The Balaban J connectivity index is 1.20. The third-order valence-corrected chi connectivity index (χ3v) is 5.95. The van der Waals surface area contributed by atoms with Gasteiger partial charge in [0.25, 0.3) is 0 Å². The van der Waals surface area contributed by atoms with Crippen LogP contribution in [0.2, 0.25) is 0 Å². The summed E-state index contributed by atoms with van der Waals surface area (Å²) in [6.45, 7) is 2.54. The van der Waals surface area contributed by atoms with Crippen LogP contribution in [0.3, 0.4) is 0 Å². The number of fused-ring (bicyclic) bond motifs is 2. The van der Waals surface area contributed by atoms with Crippen molar-refractivity contribution in [3.8, 4) is 11.5 Å². The van der Waals surface area contributed by atoms with Crippen LogP contribution in [0, 0.1) is 0 Å². The number of aliphatic hydroxyl groups excluding tert-OH is 1. The Morgan fingerprint density at radius 2 is 1.79 bits per heavy atom. The van der Waals surface area contributed by atoms with Gasteiger partial charge >= 0.3 is 5.69 Å². The molecule has 2 aliphatic rings. The molecule has 29 heavy (non-hydrogen) atoms. The summed E-state index contributed by atoms with van der Waals surface area (Å²) in [7, 11) is 0. The summed E-state index contributed by atoms with van der Waals surface area (Å²) >= 11 is 0. The van der Waals surface area contributed by atoms with E-state index in [1.54, 1.807) is 0 Å². The number of H-pyrrole nitrogens is 1. The van der Waals surface area contributed by atoms with Crippen molar-refractivity contribution in [1.29, 1.82) is 0 Å². The van der Waals surface area contributed by atoms with E-state index in [4.69, 9.17) is 9.47 Å². The number of para-hydroxylation sites is 4. The van der Waals surface area contributed by atoms with E-state index in [1.807, 2.05) is 53.1 Å². The first kappa shape index (κ1) is 18.3. The summed E-state index contributed by atoms with van der Waals surface area (Å²) in [5.41, 5.74) is 1.79. The van der Waals surface area contributed by atoms with E-state index in [0.29, 0.717) is 18.9 Å². The molecule has 0 spiro atoms. The quantitative estimate of drug-likeness (QED) is 0.708. The first-order chi connectivity index (χ1) is 14.2. The standard InChI is InChI=1S/C22H25N3O4/c26-18(21-14-28-19-7-3-4-8-20(19)29-21)13-24-11-9-15(10-12-24)25-17-6-2-1-5-16(17)23-22(25)27/h1-8,15,18,21,26H,9-14H2,(H,23,27)/t18-,21+/m1/s1. The van der Waals surface area contributed by atoms with Gasteiger partial charge in [-0.3, -0.25) is 4.57 Å². The lowest BCUT2D eigenvalue weighted by molar-refractivity contribution is -0.0289. The third-order valence-electron chi connectivity index (χ3n) is 5.95. The second-order valence-corrected chi connectivity index (χ2v) is 7.83. The molecule has 152 valence electrons. The second kappa shape index (κ2) is 7.57. The van der Waals surface area contributed by atoms with Crippen LogP contribution < -0.4 is 15.2 Å². The molecule has 7 heteroatoms. The summed E-state index contributed by atoms with van der Waals surface area (Å²) in [5.74, 6) is 1.40. The number of nitrogens with one attached hydrogen (secondary N) is 1. The Kier molecular flexibility index (Phi) is 4.77. The Morgan fingerprint density at radius 3 is 2.62 bits per heavy atom. The molecule has 0 bridgehead atoms. The molecule has 0 unspecified atom stereocenters. The van der Waals surface area contributed by atoms with Crippen LogP contribution in [0.15, 0.2) is 53.3 Å². The number of ether oxygens (including phenoxy) is 2. The number of hydrogen-bond acceptors (Lipinski definition) is 5. The molecule has 0 aliphatic carbocycles. The molecule has 2 atom stereocenters. The van der Waals surface area contributed by atoms with Crippen molar-refractivity contribution < 1.29 is 14.6 Å².